The summed E-state index contributed by atoms with van der Waals surface area (Å²) in [5, 5.41) is 7.70. The molecule has 6 nitrogen and oxygen atoms in total. The van der Waals surface area contributed by atoms with Crippen molar-refractivity contribution in [1.82, 2.24) is 9.78 Å². The Balaban J connectivity index is 1.98. The largest absolute Gasteiger partial charge is 0.497 e. The highest BCUT2D eigenvalue weighted by atomic mass is 16.5. The maximum absolute atomic E-state index is 12.8. The van der Waals surface area contributed by atoms with E-state index < -0.39 is 0 Å². The van der Waals surface area contributed by atoms with E-state index in [1.165, 1.54) is 0 Å². The van der Waals surface area contributed by atoms with Gasteiger partial charge in [0, 0.05) is 17.0 Å². The maximum atomic E-state index is 12.8. The number of aromatic nitrogens is 2. The number of nitrogens with one attached hydrogen (secondary N) is 1. The minimum atomic E-state index is -0.228. The molecular weight excluding hydrogens is 354 g/mol. The molecule has 0 saturated heterocycles. The van der Waals surface area contributed by atoms with Gasteiger partial charge in [-0.25, -0.2) is 4.68 Å². The SMILES string of the molecule is COc1ccc(-n2nc(C(C)(C)C)cc2NC(=O)c2cccc(OC)c2)cc1. The average Bonchev–Trinajstić information content (AvgIpc) is 3.12. The van der Waals surface area contributed by atoms with E-state index in [2.05, 4.69) is 26.1 Å². The van der Waals surface area contributed by atoms with E-state index in [4.69, 9.17) is 14.6 Å². The molecule has 0 saturated carbocycles. The van der Waals surface area contributed by atoms with E-state index in [9.17, 15) is 4.79 Å². The molecule has 0 radical (unpaired) electrons. The highest BCUT2D eigenvalue weighted by Gasteiger charge is 2.22. The zero-order chi connectivity index (χ0) is 20.3. The van der Waals surface area contributed by atoms with Crippen LogP contribution >= 0.6 is 0 Å². The predicted molar refractivity (Wildman–Crippen MR) is 110 cm³/mol. The standard InChI is InChI=1S/C22H25N3O3/c1-22(2,3)19-14-20(23-21(26)15-7-6-8-18(13-15)28-5)25(24-19)16-9-11-17(27-4)12-10-16/h6-14H,1-5H3,(H,23,26). The van der Waals surface area contributed by atoms with E-state index in [-0.39, 0.29) is 11.3 Å². The molecule has 0 spiro atoms. The molecule has 0 bridgehead atoms. The molecule has 0 unspecified atom stereocenters. The fraction of sp³-hybridized carbons (Fsp3) is 0.273. The summed E-state index contributed by atoms with van der Waals surface area (Å²) in [7, 11) is 3.20. The first-order chi connectivity index (χ1) is 13.3. The predicted octanol–water partition coefficient (Wildman–Crippen LogP) is 4.44. The van der Waals surface area contributed by atoms with Crippen LogP contribution in [0, 0.1) is 0 Å². The van der Waals surface area contributed by atoms with Crippen LogP contribution in [0.25, 0.3) is 5.69 Å². The Labute approximate surface area is 165 Å². The van der Waals surface area contributed by atoms with Gasteiger partial charge in [-0.15, -0.1) is 0 Å². The zero-order valence-electron chi connectivity index (χ0n) is 16.8. The van der Waals surface area contributed by atoms with Crippen LogP contribution in [0.2, 0.25) is 0 Å². The van der Waals surface area contributed by atoms with Gasteiger partial charge in [0.05, 0.1) is 25.6 Å². The van der Waals surface area contributed by atoms with Gasteiger partial charge in [-0.3, -0.25) is 4.79 Å². The van der Waals surface area contributed by atoms with Crippen molar-refractivity contribution in [2.45, 2.75) is 26.2 Å². The smallest absolute Gasteiger partial charge is 0.256 e. The molecule has 0 aliphatic carbocycles. The number of ether oxygens (including phenoxy) is 2. The van der Waals surface area contributed by atoms with Gasteiger partial charge in [-0.1, -0.05) is 26.8 Å². The normalized spacial score (nSPS) is 11.2. The van der Waals surface area contributed by atoms with Gasteiger partial charge in [-0.2, -0.15) is 5.10 Å². The molecular formula is C22H25N3O3. The lowest BCUT2D eigenvalue weighted by atomic mass is 9.92. The Morgan fingerprint density at radius 1 is 0.964 bits per heavy atom. The van der Waals surface area contributed by atoms with Crippen LogP contribution in [0.3, 0.4) is 0 Å². The van der Waals surface area contributed by atoms with Crippen molar-refractivity contribution in [3.05, 3.63) is 65.9 Å². The molecule has 1 amide bonds. The van der Waals surface area contributed by atoms with Gasteiger partial charge in [0.15, 0.2) is 0 Å². The number of nitrogens with zero attached hydrogens (tertiary/aromatic N) is 2. The average molecular weight is 379 g/mol. The van der Waals surface area contributed by atoms with Crippen LogP contribution < -0.4 is 14.8 Å². The van der Waals surface area contributed by atoms with Crippen molar-refractivity contribution in [3.8, 4) is 17.2 Å². The molecule has 3 rings (SSSR count). The van der Waals surface area contributed by atoms with Gasteiger partial charge in [-0.05, 0) is 42.5 Å². The quantitative estimate of drug-likeness (QED) is 0.712. The Morgan fingerprint density at radius 2 is 1.64 bits per heavy atom. The van der Waals surface area contributed by atoms with Gasteiger partial charge >= 0.3 is 0 Å². The summed E-state index contributed by atoms with van der Waals surface area (Å²) in [4.78, 5) is 12.8. The maximum Gasteiger partial charge on any atom is 0.256 e. The summed E-state index contributed by atoms with van der Waals surface area (Å²) < 4.78 is 12.2. The third-order valence-electron chi connectivity index (χ3n) is 4.37. The molecule has 146 valence electrons. The monoisotopic (exact) mass is 379 g/mol. The number of benzene rings is 2. The van der Waals surface area contributed by atoms with Crippen LogP contribution in [0.4, 0.5) is 5.82 Å². The first kappa shape index (κ1) is 19.5. The lowest BCUT2D eigenvalue weighted by Crippen LogP contribution is -2.15. The molecule has 0 atom stereocenters. The highest BCUT2D eigenvalue weighted by molar-refractivity contribution is 6.04. The Bertz CT molecular complexity index is 969. The van der Waals surface area contributed by atoms with Crippen LogP contribution in [0.15, 0.2) is 54.6 Å². The second kappa shape index (κ2) is 7.76. The molecule has 1 heterocycles. The van der Waals surface area contributed by atoms with Gasteiger partial charge in [0.2, 0.25) is 0 Å². The molecule has 2 aromatic carbocycles. The van der Waals surface area contributed by atoms with E-state index in [1.54, 1.807) is 43.2 Å². The van der Waals surface area contributed by atoms with Crippen LogP contribution in [-0.2, 0) is 5.41 Å². The van der Waals surface area contributed by atoms with Gasteiger partial charge in [0.25, 0.3) is 5.91 Å². The van der Waals surface area contributed by atoms with Crippen molar-refractivity contribution in [2.24, 2.45) is 0 Å². The molecule has 1 N–H and O–H groups in total. The molecule has 0 aliphatic heterocycles. The summed E-state index contributed by atoms with van der Waals surface area (Å²) in [5.74, 6) is 1.76. The number of anilines is 1. The van der Waals surface area contributed by atoms with Gasteiger partial charge < -0.3 is 14.8 Å². The molecule has 1 aromatic heterocycles. The number of amides is 1. The zero-order valence-corrected chi connectivity index (χ0v) is 16.8. The molecule has 0 fully saturated rings. The third kappa shape index (κ3) is 4.17. The summed E-state index contributed by atoms with van der Waals surface area (Å²) in [6, 6.07) is 16.5. The first-order valence-corrected chi connectivity index (χ1v) is 9.02. The summed E-state index contributed by atoms with van der Waals surface area (Å²) in [6.07, 6.45) is 0. The number of hydrogen-bond acceptors (Lipinski definition) is 4. The second-order valence-corrected chi connectivity index (χ2v) is 7.46. The molecule has 0 aliphatic rings. The lowest BCUT2D eigenvalue weighted by Gasteiger charge is -2.14. The minimum absolute atomic E-state index is 0.160. The van der Waals surface area contributed by atoms with Crippen molar-refractivity contribution < 1.29 is 14.3 Å². The highest BCUT2D eigenvalue weighted by Crippen LogP contribution is 2.27. The van der Waals surface area contributed by atoms with E-state index in [0.717, 1.165) is 17.1 Å². The Hall–Kier alpha value is -3.28. The Kier molecular flexibility index (Phi) is 5.40. The number of rotatable bonds is 5. The number of carbonyl (C=O) groups is 1. The number of carbonyl (C=O) groups excluding carboxylic acids is 1. The molecule has 28 heavy (non-hydrogen) atoms. The van der Waals surface area contributed by atoms with Crippen molar-refractivity contribution in [2.75, 3.05) is 19.5 Å². The topological polar surface area (TPSA) is 65.4 Å². The van der Waals surface area contributed by atoms with E-state index >= 15 is 0 Å². The third-order valence-corrected chi connectivity index (χ3v) is 4.37. The Morgan fingerprint density at radius 3 is 2.25 bits per heavy atom. The van der Waals surface area contributed by atoms with Crippen LogP contribution in [0.5, 0.6) is 11.5 Å². The van der Waals surface area contributed by atoms with Crippen molar-refractivity contribution in [1.29, 1.82) is 0 Å². The summed E-state index contributed by atoms with van der Waals surface area (Å²) in [6.45, 7) is 6.25. The van der Waals surface area contributed by atoms with Crippen molar-refractivity contribution in [3.63, 3.8) is 0 Å². The van der Waals surface area contributed by atoms with Crippen molar-refractivity contribution >= 4 is 11.7 Å². The fourth-order valence-corrected chi connectivity index (χ4v) is 2.71. The van der Waals surface area contributed by atoms with E-state index in [0.29, 0.717) is 17.1 Å². The number of hydrogen-bond donors (Lipinski definition) is 1. The van der Waals surface area contributed by atoms with E-state index in [1.807, 2.05) is 30.3 Å². The number of methoxy groups -OCH3 is 2. The minimum Gasteiger partial charge on any atom is -0.497 e. The van der Waals surface area contributed by atoms with Crippen LogP contribution in [0.1, 0.15) is 36.8 Å². The second-order valence-electron chi connectivity index (χ2n) is 7.46. The van der Waals surface area contributed by atoms with Gasteiger partial charge in [0.1, 0.15) is 17.3 Å². The van der Waals surface area contributed by atoms with Crippen LogP contribution in [-0.4, -0.2) is 29.9 Å². The fourth-order valence-electron chi connectivity index (χ4n) is 2.71. The first-order valence-electron chi connectivity index (χ1n) is 9.02. The summed E-state index contributed by atoms with van der Waals surface area (Å²) >= 11 is 0. The lowest BCUT2D eigenvalue weighted by molar-refractivity contribution is 0.102. The summed E-state index contributed by atoms with van der Waals surface area (Å²) in [5.41, 5.74) is 2.06. The molecule has 3 aromatic rings. The molecule has 6 heteroatoms.